The first-order chi connectivity index (χ1) is 14.6. The zero-order valence-corrected chi connectivity index (χ0v) is 23.7. The molecule has 0 saturated heterocycles. The predicted octanol–water partition coefficient (Wildman–Crippen LogP) is 2.38. The van der Waals surface area contributed by atoms with E-state index in [2.05, 4.69) is 11.8 Å². The number of rotatable bonds is 19. The van der Waals surface area contributed by atoms with Crippen LogP contribution in [-0.2, 0) is 37.5 Å². The minimum absolute atomic E-state index is 0. The van der Waals surface area contributed by atoms with Crippen molar-refractivity contribution in [2.75, 3.05) is 45.9 Å². The van der Waals surface area contributed by atoms with E-state index in [0.717, 1.165) is 64.7 Å². The molecule has 33 heavy (non-hydrogen) atoms. The van der Waals surface area contributed by atoms with E-state index in [0.29, 0.717) is 26.1 Å². The Morgan fingerprint density at radius 1 is 0.788 bits per heavy atom. The van der Waals surface area contributed by atoms with Gasteiger partial charge in [-0.2, -0.15) is 6.42 Å². The van der Waals surface area contributed by atoms with Gasteiger partial charge in [0, 0.05) is 59.0 Å². The molecule has 0 saturated carbocycles. The number of aliphatic hydroxyl groups excluding tert-OH is 4. The molecule has 199 valence electrons. The average Bonchev–Trinajstić information content (AvgIpc) is 2.64. The fourth-order valence-electron chi connectivity index (χ4n) is 3.32. The van der Waals surface area contributed by atoms with Gasteiger partial charge in [-0.3, -0.25) is 16.1 Å². The topological polar surface area (TPSA) is 125 Å². The van der Waals surface area contributed by atoms with Crippen LogP contribution in [0.4, 0.5) is 0 Å². The first-order valence-corrected chi connectivity index (χ1v) is 11.8. The molecular weight excluding hydrogens is 501 g/mol. The number of carboxylic acids is 1. The van der Waals surface area contributed by atoms with Crippen LogP contribution in [0, 0.1) is 6.42 Å². The second-order valence-corrected chi connectivity index (χ2v) is 8.43. The molecule has 0 heterocycles. The van der Waals surface area contributed by atoms with Gasteiger partial charge in [0.15, 0.2) is 5.97 Å². The molecule has 0 aromatic carbocycles. The van der Waals surface area contributed by atoms with E-state index in [1.165, 1.54) is 6.42 Å². The number of carboxylic acid groups (broad SMARTS) is 1. The summed E-state index contributed by atoms with van der Waals surface area (Å²) in [7, 11) is 0. The molecule has 0 aliphatic rings. The van der Waals surface area contributed by atoms with E-state index in [1.807, 2.05) is 11.8 Å². The van der Waals surface area contributed by atoms with Gasteiger partial charge in [-0.15, -0.1) is 0 Å². The van der Waals surface area contributed by atoms with Gasteiger partial charge in [-0.05, 0) is 72.5 Å². The quantitative estimate of drug-likeness (QED) is 0.122. The molecule has 0 aromatic rings. The smallest absolute Gasteiger partial charge is 0.163 e. The van der Waals surface area contributed by atoms with Crippen molar-refractivity contribution in [1.82, 2.24) is 9.80 Å². The van der Waals surface area contributed by atoms with Crippen LogP contribution in [0.25, 0.3) is 0 Å². The molecule has 0 fully saturated rings. The van der Waals surface area contributed by atoms with Crippen molar-refractivity contribution in [3.05, 3.63) is 6.42 Å². The van der Waals surface area contributed by atoms with E-state index in [4.69, 9.17) is 10.2 Å². The fraction of sp³-hybridized carbons (Fsp3) is 0.917. The minimum Gasteiger partial charge on any atom is -0.503 e. The number of aliphatic hydroxyl groups is 4. The van der Waals surface area contributed by atoms with Crippen LogP contribution in [0.15, 0.2) is 0 Å². The maximum atomic E-state index is 10.3. The van der Waals surface area contributed by atoms with Crippen LogP contribution >= 0.6 is 0 Å². The number of hydrogen-bond donors (Lipinski definition) is 5. The van der Waals surface area contributed by atoms with Gasteiger partial charge in [0.2, 0.25) is 0 Å². The van der Waals surface area contributed by atoms with Gasteiger partial charge in [-0.25, -0.2) is 0 Å². The van der Waals surface area contributed by atoms with E-state index in [-0.39, 0.29) is 46.2 Å². The molecule has 0 amide bonds. The largest absolute Gasteiger partial charge is 0.503 e. The van der Waals surface area contributed by atoms with Crippen LogP contribution in [0.1, 0.15) is 80.1 Å². The van der Waals surface area contributed by atoms with Crippen molar-refractivity contribution in [3.8, 4) is 0 Å². The Kier molecular flexibility index (Phi) is 34.8. The number of aliphatic carboxylic acids is 1. The standard InChI is InChI=1S/C12H24NO4.C11H25NO2.CH4.Y/c1-10(14)8-13(9-11(2)15)7-5-3-4-6-12(16)17;1-3-7-12(10-11(2)14)8-5-4-6-9-13;;/h6,10-11,14-15H,3-5,7-9H2,1-2H3,(H,16,17);11,13-14H,3-10H2,1-2H3;1H4;/q-1;;;. The Hall–Kier alpha value is 0.204. The van der Waals surface area contributed by atoms with Crippen LogP contribution in [-0.4, -0.2) is 105 Å². The Balaban J connectivity index is -0.000000244. The number of hydrogen-bond acceptors (Lipinski definition) is 7. The zero-order valence-electron chi connectivity index (χ0n) is 20.8. The normalized spacial score (nSPS) is 13.3. The summed E-state index contributed by atoms with van der Waals surface area (Å²) in [5.74, 6) is -0.880. The molecule has 0 spiro atoms. The van der Waals surface area contributed by atoms with Crippen molar-refractivity contribution in [1.29, 1.82) is 0 Å². The molecule has 0 aliphatic heterocycles. The number of nitrogens with zero attached hydrogens (tertiary/aromatic N) is 2. The fourth-order valence-corrected chi connectivity index (χ4v) is 3.32. The summed E-state index contributed by atoms with van der Waals surface area (Å²) >= 11 is 0. The minimum atomic E-state index is -0.880. The van der Waals surface area contributed by atoms with Crippen molar-refractivity contribution in [3.63, 3.8) is 0 Å². The Morgan fingerprint density at radius 2 is 1.24 bits per heavy atom. The van der Waals surface area contributed by atoms with Crippen molar-refractivity contribution in [2.45, 2.75) is 98.4 Å². The SMILES string of the molecule is C.CC(O)CN(CCCC[CH-]C(=O)O)CC(C)O.CCCN(CCCCCO)CC(C)O.[Y]. The van der Waals surface area contributed by atoms with Crippen LogP contribution in [0.2, 0.25) is 0 Å². The van der Waals surface area contributed by atoms with Gasteiger partial charge in [0.05, 0.1) is 18.3 Å². The number of carbonyl (C=O) groups is 1. The predicted molar refractivity (Wildman–Crippen MR) is 132 cm³/mol. The van der Waals surface area contributed by atoms with Gasteiger partial charge < -0.3 is 30.4 Å². The molecule has 1 radical (unpaired) electrons. The second kappa shape index (κ2) is 28.4. The summed E-state index contributed by atoms with van der Waals surface area (Å²) in [6.45, 7) is 12.4. The van der Waals surface area contributed by atoms with Crippen LogP contribution < -0.4 is 0 Å². The first kappa shape index (κ1) is 40.4. The summed E-state index contributed by atoms with van der Waals surface area (Å²) in [4.78, 5) is 14.5. The van der Waals surface area contributed by atoms with E-state index in [1.54, 1.807) is 13.8 Å². The molecule has 0 rings (SSSR count). The van der Waals surface area contributed by atoms with E-state index >= 15 is 0 Å². The third kappa shape index (κ3) is 34.4. The second-order valence-electron chi connectivity index (χ2n) is 8.43. The van der Waals surface area contributed by atoms with E-state index < -0.39 is 18.2 Å². The van der Waals surface area contributed by atoms with Gasteiger partial charge in [0.25, 0.3) is 0 Å². The molecule has 8 nitrogen and oxygen atoms in total. The summed E-state index contributed by atoms with van der Waals surface area (Å²) in [5, 5.41) is 44.9. The van der Waals surface area contributed by atoms with Crippen LogP contribution in [0.3, 0.4) is 0 Å². The monoisotopic (exact) mass is 554 g/mol. The molecule has 0 aromatic heterocycles. The van der Waals surface area contributed by atoms with Gasteiger partial charge in [0.1, 0.15) is 0 Å². The molecule has 9 heteroatoms. The van der Waals surface area contributed by atoms with Crippen molar-refractivity contribution in [2.24, 2.45) is 0 Å². The first-order valence-electron chi connectivity index (χ1n) is 11.8. The van der Waals surface area contributed by atoms with Crippen molar-refractivity contribution >= 4 is 5.97 Å². The molecule has 3 unspecified atom stereocenters. The Morgan fingerprint density at radius 3 is 1.67 bits per heavy atom. The molecule has 5 N–H and O–H groups in total. The van der Waals surface area contributed by atoms with E-state index in [9.17, 15) is 20.1 Å². The Bertz CT molecular complexity index is 391. The molecule has 3 atom stereocenters. The molecule has 0 aliphatic carbocycles. The zero-order chi connectivity index (χ0) is 24.1. The van der Waals surface area contributed by atoms with Crippen LogP contribution in [0.5, 0.6) is 0 Å². The maximum Gasteiger partial charge on any atom is 0.163 e. The third-order valence-corrected chi connectivity index (χ3v) is 4.49. The summed E-state index contributed by atoms with van der Waals surface area (Å²) < 4.78 is 0. The Labute approximate surface area is 228 Å². The summed E-state index contributed by atoms with van der Waals surface area (Å²) in [5.41, 5.74) is 0. The number of unbranched alkanes of at least 4 members (excludes halogenated alkanes) is 4. The molecule has 0 bridgehead atoms. The third-order valence-electron chi connectivity index (χ3n) is 4.49. The van der Waals surface area contributed by atoms with Gasteiger partial charge in [-0.1, -0.05) is 20.8 Å². The summed E-state index contributed by atoms with van der Waals surface area (Å²) in [6.07, 6.45) is 6.65. The van der Waals surface area contributed by atoms with Crippen molar-refractivity contribution < 1.29 is 63.0 Å². The van der Waals surface area contributed by atoms with Gasteiger partial charge >= 0.3 is 0 Å². The summed E-state index contributed by atoms with van der Waals surface area (Å²) in [6, 6.07) is 0. The molecular formula is C24H53N2O6Y-. The average molecular weight is 555 g/mol. The maximum absolute atomic E-state index is 10.3.